The molecule has 5 nitrogen and oxygen atoms in total. The second-order valence-electron chi connectivity index (χ2n) is 7.36. The molecule has 0 aliphatic carbocycles. The number of hydrogen-bond acceptors (Lipinski definition) is 4. The number of hydrogen-bond donors (Lipinski definition) is 0. The molecule has 1 heterocycles. The summed E-state index contributed by atoms with van der Waals surface area (Å²) in [5.41, 5.74) is 1.44. The van der Waals surface area contributed by atoms with Crippen LogP contribution in [-0.2, 0) is 15.4 Å². The van der Waals surface area contributed by atoms with Crippen molar-refractivity contribution in [1.29, 1.82) is 0 Å². The average Bonchev–Trinajstić information content (AvgIpc) is 2.79. The molecule has 0 bridgehead atoms. The molecule has 0 unspecified atom stereocenters. The molecule has 3 rings (SSSR count). The van der Waals surface area contributed by atoms with E-state index in [4.69, 9.17) is 4.74 Å². The Morgan fingerprint density at radius 1 is 1.04 bits per heavy atom. The number of ether oxygens (including phenoxy) is 1. The lowest BCUT2D eigenvalue weighted by molar-refractivity contribution is 0.0866. The Labute approximate surface area is 154 Å². The van der Waals surface area contributed by atoms with Crippen LogP contribution in [-0.4, -0.2) is 31.8 Å². The molecule has 0 spiro atoms. The first-order valence-electron chi connectivity index (χ1n) is 8.61. The lowest BCUT2D eigenvalue weighted by atomic mass is 9.87. The molecule has 0 saturated carbocycles. The van der Waals surface area contributed by atoms with Gasteiger partial charge >= 0.3 is 0 Å². The van der Waals surface area contributed by atoms with Crippen molar-refractivity contribution < 1.29 is 17.9 Å². The maximum Gasteiger partial charge on any atom is 0.269 e. The molecule has 0 saturated heterocycles. The Morgan fingerprint density at radius 3 is 2.46 bits per heavy atom. The smallest absolute Gasteiger partial charge is 0.269 e. The fourth-order valence-electron chi connectivity index (χ4n) is 2.90. The number of carbonyl (C=O) groups excluding carboxylic acids is 1. The van der Waals surface area contributed by atoms with Crippen molar-refractivity contribution >= 4 is 15.9 Å². The highest BCUT2D eigenvalue weighted by atomic mass is 32.2. The van der Waals surface area contributed by atoms with Gasteiger partial charge in [0.15, 0.2) is 0 Å². The van der Waals surface area contributed by atoms with Crippen LogP contribution in [0.25, 0.3) is 0 Å². The van der Waals surface area contributed by atoms with Crippen molar-refractivity contribution in [1.82, 2.24) is 4.31 Å². The summed E-state index contributed by atoms with van der Waals surface area (Å²) >= 11 is 0. The lowest BCUT2D eigenvalue weighted by Gasteiger charge is -2.20. The Hall–Kier alpha value is -2.34. The highest BCUT2D eigenvalue weighted by Crippen LogP contribution is 2.30. The third-order valence-electron chi connectivity index (χ3n) is 4.39. The predicted molar refractivity (Wildman–Crippen MR) is 99.9 cm³/mol. The number of fused-ring (bicyclic) bond motifs is 1. The minimum atomic E-state index is -3.74. The maximum atomic E-state index is 12.5. The van der Waals surface area contributed by atoms with Gasteiger partial charge in [-0.3, -0.25) is 4.79 Å². The zero-order valence-electron chi connectivity index (χ0n) is 15.2. The van der Waals surface area contributed by atoms with Crippen molar-refractivity contribution in [2.24, 2.45) is 0 Å². The Kier molecular flexibility index (Phi) is 4.80. The van der Waals surface area contributed by atoms with E-state index in [0.29, 0.717) is 13.0 Å². The largest absolute Gasteiger partial charge is 0.494 e. The molecule has 138 valence electrons. The van der Waals surface area contributed by atoms with E-state index in [1.54, 1.807) is 18.2 Å². The normalized spacial score (nSPS) is 15.8. The fourth-order valence-corrected chi connectivity index (χ4v) is 4.51. The number of carbonyl (C=O) groups is 1. The first-order valence-corrected chi connectivity index (χ1v) is 10.0. The third-order valence-corrected chi connectivity index (χ3v) is 6.23. The molecular weight excluding hydrogens is 350 g/mol. The van der Waals surface area contributed by atoms with Crippen LogP contribution in [0.2, 0.25) is 0 Å². The van der Waals surface area contributed by atoms with E-state index in [0.717, 1.165) is 10.1 Å². The molecule has 0 aromatic heterocycles. The zero-order valence-corrected chi connectivity index (χ0v) is 16.0. The number of sulfonamides is 1. The summed E-state index contributed by atoms with van der Waals surface area (Å²) in [5, 5.41) is 0. The summed E-state index contributed by atoms with van der Waals surface area (Å²) in [6.07, 6.45) is 0.429. The van der Waals surface area contributed by atoms with Crippen LogP contribution < -0.4 is 4.74 Å². The van der Waals surface area contributed by atoms with E-state index in [2.05, 4.69) is 26.8 Å². The fraction of sp³-hybridized carbons (Fsp3) is 0.350. The number of rotatable bonds is 5. The summed E-state index contributed by atoms with van der Waals surface area (Å²) in [7, 11) is -3.74. The quantitative estimate of drug-likeness (QED) is 0.751. The van der Waals surface area contributed by atoms with Crippen molar-refractivity contribution in [3.05, 3.63) is 59.7 Å². The maximum absolute atomic E-state index is 12.5. The van der Waals surface area contributed by atoms with Gasteiger partial charge in [0, 0.05) is 13.0 Å². The monoisotopic (exact) mass is 373 g/mol. The molecule has 6 heteroatoms. The van der Waals surface area contributed by atoms with Gasteiger partial charge in [0.2, 0.25) is 0 Å². The molecule has 0 N–H and O–H groups in total. The second-order valence-corrected chi connectivity index (χ2v) is 9.19. The molecular formula is C20H23NO4S. The molecule has 0 atom stereocenters. The lowest BCUT2D eigenvalue weighted by Crippen LogP contribution is -2.31. The number of nitrogens with zero attached hydrogens (tertiary/aromatic N) is 1. The summed E-state index contributed by atoms with van der Waals surface area (Å²) in [4.78, 5) is 12.4. The van der Waals surface area contributed by atoms with Crippen molar-refractivity contribution in [2.75, 3.05) is 13.2 Å². The van der Waals surface area contributed by atoms with Gasteiger partial charge in [-0.15, -0.1) is 0 Å². The minimum absolute atomic E-state index is 0.0290. The van der Waals surface area contributed by atoms with E-state index >= 15 is 0 Å². The van der Waals surface area contributed by atoms with Crippen molar-refractivity contribution in [2.45, 2.75) is 37.5 Å². The van der Waals surface area contributed by atoms with Crippen LogP contribution in [0.5, 0.6) is 5.75 Å². The highest BCUT2D eigenvalue weighted by molar-refractivity contribution is 7.90. The highest BCUT2D eigenvalue weighted by Gasteiger charge is 2.40. The Balaban J connectivity index is 1.61. The SMILES string of the molecule is CC(C)(C)c1cccc(OCCCN2C(=O)c3ccccc3S2(=O)=O)c1. The van der Waals surface area contributed by atoms with E-state index in [1.807, 2.05) is 18.2 Å². The summed E-state index contributed by atoms with van der Waals surface area (Å²) in [6.45, 7) is 6.84. The molecule has 0 radical (unpaired) electrons. The molecule has 1 aliphatic heterocycles. The molecule has 0 fully saturated rings. The molecule has 1 aliphatic rings. The number of benzene rings is 2. The van der Waals surface area contributed by atoms with Crippen LogP contribution in [0, 0.1) is 0 Å². The van der Waals surface area contributed by atoms with Gasteiger partial charge in [-0.2, -0.15) is 0 Å². The van der Waals surface area contributed by atoms with E-state index < -0.39 is 15.9 Å². The third kappa shape index (κ3) is 3.46. The van der Waals surface area contributed by atoms with Gasteiger partial charge in [-0.1, -0.05) is 45.0 Å². The van der Waals surface area contributed by atoms with Gasteiger partial charge < -0.3 is 4.74 Å². The predicted octanol–water partition coefficient (Wildman–Crippen LogP) is 3.60. The molecule has 1 amide bonds. The van der Waals surface area contributed by atoms with E-state index in [1.165, 1.54) is 11.6 Å². The summed E-state index contributed by atoms with van der Waals surface area (Å²) in [6, 6.07) is 14.2. The topological polar surface area (TPSA) is 63.7 Å². The standard InChI is InChI=1S/C20H23NO4S/c1-20(2,3)15-8-6-9-16(14-15)25-13-7-12-21-19(22)17-10-4-5-11-18(17)26(21,23)24/h4-6,8-11,14H,7,12-13H2,1-3H3. The Bertz CT molecular complexity index is 929. The summed E-state index contributed by atoms with van der Waals surface area (Å²) in [5.74, 6) is 0.284. The second kappa shape index (κ2) is 6.76. The minimum Gasteiger partial charge on any atom is -0.494 e. The molecule has 2 aromatic carbocycles. The first kappa shape index (κ1) is 18.5. The van der Waals surface area contributed by atoms with E-state index in [-0.39, 0.29) is 22.4 Å². The van der Waals surface area contributed by atoms with Crippen LogP contribution >= 0.6 is 0 Å². The molecule has 2 aromatic rings. The van der Waals surface area contributed by atoms with Crippen molar-refractivity contribution in [3.63, 3.8) is 0 Å². The number of amides is 1. The van der Waals surface area contributed by atoms with Crippen molar-refractivity contribution in [3.8, 4) is 5.75 Å². The van der Waals surface area contributed by atoms with Gasteiger partial charge in [0.1, 0.15) is 10.6 Å². The van der Waals surface area contributed by atoms with Crippen LogP contribution in [0.1, 0.15) is 43.1 Å². The van der Waals surface area contributed by atoms with Crippen LogP contribution in [0.15, 0.2) is 53.4 Å². The zero-order chi connectivity index (χ0) is 18.9. The van der Waals surface area contributed by atoms with Gasteiger partial charge in [0.25, 0.3) is 15.9 Å². The van der Waals surface area contributed by atoms with Crippen LogP contribution in [0.3, 0.4) is 0 Å². The van der Waals surface area contributed by atoms with Gasteiger partial charge in [-0.25, -0.2) is 12.7 Å². The van der Waals surface area contributed by atoms with E-state index in [9.17, 15) is 13.2 Å². The molecule has 26 heavy (non-hydrogen) atoms. The van der Waals surface area contributed by atoms with Gasteiger partial charge in [0.05, 0.1) is 12.2 Å². The summed E-state index contributed by atoms with van der Waals surface area (Å²) < 4.78 is 31.6. The van der Waals surface area contributed by atoms with Gasteiger partial charge in [-0.05, 0) is 35.2 Å². The average molecular weight is 373 g/mol. The first-order chi connectivity index (χ1) is 12.2. The Morgan fingerprint density at radius 2 is 1.77 bits per heavy atom. The van der Waals surface area contributed by atoms with Crippen LogP contribution in [0.4, 0.5) is 0 Å².